The molecule has 0 rings (SSSR count). The van der Waals surface area contributed by atoms with Crippen molar-refractivity contribution in [2.45, 2.75) is 0 Å². The van der Waals surface area contributed by atoms with E-state index in [9.17, 15) is 0 Å². The van der Waals surface area contributed by atoms with Crippen LogP contribution in [-0.4, -0.2) is 201 Å². The first-order valence-electron chi connectivity index (χ1n) is 11.0. The molecular weight excluding hydrogens is 461 g/mol. The van der Waals surface area contributed by atoms with Crippen LogP contribution < -0.4 is 0 Å². The number of hydrogen-bond acceptors (Lipinski definition) is 15. The lowest BCUT2D eigenvalue weighted by molar-refractivity contribution is 0.136. The fraction of sp³-hybridized carbons (Fsp3) is 1.00. The van der Waals surface area contributed by atoms with Gasteiger partial charge in [-0.05, 0) is 0 Å². The first-order chi connectivity index (χ1) is 16.3. The minimum atomic E-state index is -2.17. The van der Waals surface area contributed by atoms with Gasteiger partial charge in [0.1, 0.15) is 0 Å². The van der Waals surface area contributed by atoms with Gasteiger partial charge in [0.25, 0.3) is 0 Å². The lowest BCUT2D eigenvalue weighted by atomic mass is 10.3. The van der Waals surface area contributed by atoms with Gasteiger partial charge in [-0.1, -0.05) is 0 Å². The van der Waals surface area contributed by atoms with E-state index in [4.69, 9.17) is 61.0 Å². The summed E-state index contributed by atoms with van der Waals surface area (Å²) in [7, 11) is -2.17. The maximum atomic E-state index is 8.48. The summed E-state index contributed by atoms with van der Waals surface area (Å²) in [5, 5.41) is 97.9. The van der Waals surface area contributed by atoms with Crippen LogP contribution in [0.5, 0.6) is 0 Å². The maximum Gasteiger partial charge on any atom is 0.631 e. The molecule has 0 aromatic carbocycles. The average Bonchev–Trinajstić information content (AvgIpc) is 2.76. The normalized spacial score (nSPS) is 10.3. The van der Waals surface area contributed by atoms with E-state index in [0.717, 1.165) is 0 Å². The third-order valence-corrected chi connectivity index (χ3v) is 3.75. The molecule has 0 saturated heterocycles. The molecule has 0 unspecified atom stereocenters. The van der Waals surface area contributed by atoms with Gasteiger partial charge in [0.2, 0.25) is 0 Å². The predicted molar refractivity (Wildman–Crippen MR) is 126 cm³/mol. The van der Waals surface area contributed by atoms with Crippen LogP contribution in [0.1, 0.15) is 0 Å². The lowest BCUT2D eigenvalue weighted by Crippen LogP contribution is -2.32. The van der Waals surface area contributed by atoms with E-state index in [1.54, 1.807) is 14.7 Å². The monoisotopic (exact) mass is 509 g/mol. The molecule has 210 valence electrons. The van der Waals surface area contributed by atoms with Gasteiger partial charge in [0, 0.05) is 58.9 Å². The Balaban J connectivity index is -0.000000184. The Hall–Kier alpha value is -0.535. The number of hydrogen-bond donors (Lipinski definition) is 12. The van der Waals surface area contributed by atoms with Crippen LogP contribution in [0, 0.1) is 0 Å². The van der Waals surface area contributed by atoms with Crippen molar-refractivity contribution in [2.75, 3.05) is 118 Å². The summed E-state index contributed by atoms with van der Waals surface area (Å²) in [6.07, 6.45) is 0. The zero-order valence-corrected chi connectivity index (χ0v) is 20.0. The van der Waals surface area contributed by atoms with Gasteiger partial charge in [-0.3, -0.25) is 14.7 Å². The molecule has 0 bridgehead atoms. The van der Waals surface area contributed by atoms with Crippen molar-refractivity contribution in [3.8, 4) is 0 Å². The van der Waals surface area contributed by atoms with Crippen molar-refractivity contribution in [1.82, 2.24) is 14.7 Å². The quantitative estimate of drug-likeness (QED) is 0.0767. The van der Waals surface area contributed by atoms with Gasteiger partial charge in [0.05, 0.1) is 59.5 Å². The van der Waals surface area contributed by atoms with Gasteiger partial charge < -0.3 is 61.0 Å². The summed E-state index contributed by atoms with van der Waals surface area (Å²) in [6.45, 7) is 5.26. The zero-order chi connectivity index (χ0) is 27.0. The van der Waals surface area contributed by atoms with Gasteiger partial charge in [-0.25, -0.2) is 0 Å². The minimum Gasteiger partial charge on any atom is -0.402 e. The Morgan fingerprint density at radius 2 is 0.382 bits per heavy atom. The number of aliphatic hydroxyl groups is 9. The maximum absolute atomic E-state index is 8.48. The molecule has 0 aliphatic rings. The van der Waals surface area contributed by atoms with Crippen LogP contribution in [0.25, 0.3) is 0 Å². The Morgan fingerprint density at radius 1 is 0.294 bits per heavy atom. The number of rotatable bonds is 18. The van der Waals surface area contributed by atoms with Crippen LogP contribution in [0.15, 0.2) is 0 Å². The SMILES string of the molecule is OB(O)O.OCCN(CCO)CCO.OCCN(CCO)CCO.OCCN(CCO)CCO. The van der Waals surface area contributed by atoms with Crippen molar-refractivity contribution in [3.05, 3.63) is 0 Å². The van der Waals surface area contributed by atoms with E-state index in [0.29, 0.717) is 58.9 Å². The summed E-state index contributed by atoms with van der Waals surface area (Å²) in [4.78, 5) is 5.38. The van der Waals surface area contributed by atoms with E-state index in [1.807, 2.05) is 0 Å². The van der Waals surface area contributed by atoms with Crippen LogP contribution in [0.3, 0.4) is 0 Å². The number of aliphatic hydroxyl groups excluding tert-OH is 9. The largest absolute Gasteiger partial charge is 0.631 e. The van der Waals surface area contributed by atoms with E-state index >= 15 is 0 Å². The average molecular weight is 509 g/mol. The summed E-state index contributed by atoms with van der Waals surface area (Å²) in [5.41, 5.74) is 0. The Labute approximate surface area is 202 Å². The van der Waals surface area contributed by atoms with E-state index in [-0.39, 0.29) is 59.5 Å². The molecule has 0 aromatic rings. The van der Waals surface area contributed by atoms with Crippen molar-refractivity contribution in [3.63, 3.8) is 0 Å². The molecular formula is C18H48BN3O12. The highest BCUT2D eigenvalue weighted by atomic mass is 16.5. The molecule has 12 N–H and O–H groups in total. The lowest BCUT2D eigenvalue weighted by Gasteiger charge is -2.17. The van der Waals surface area contributed by atoms with Crippen LogP contribution in [0.4, 0.5) is 0 Å². The van der Waals surface area contributed by atoms with Gasteiger partial charge in [-0.15, -0.1) is 0 Å². The highest BCUT2D eigenvalue weighted by molar-refractivity contribution is 6.30. The van der Waals surface area contributed by atoms with Crippen molar-refractivity contribution >= 4 is 7.32 Å². The summed E-state index contributed by atoms with van der Waals surface area (Å²) < 4.78 is 0. The summed E-state index contributed by atoms with van der Waals surface area (Å²) >= 11 is 0. The highest BCUT2D eigenvalue weighted by Crippen LogP contribution is 1.85. The van der Waals surface area contributed by atoms with Crippen LogP contribution >= 0.6 is 0 Å². The second-order valence-corrected chi connectivity index (χ2v) is 6.38. The number of nitrogens with zero attached hydrogens (tertiary/aromatic N) is 3. The fourth-order valence-corrected chi connectivity index (χ4v) is 2.28. The van der Waals surface area contributed by atoms with Crippen molar-refractivity contribution in [1.29, 1.82) is 0 Å². The van der Waals surface area contributed by atoms with Crippen LogP contribution in [0.2, 0.25) is 0 Å². The van der Waals surface area contributed by atoms with Gasteiger partial charge in [-0.2, -0.15) is 0 Å². The van der Waals surface area contributed by atoms with E-state index in [1.165, 1.54) is 0 Å². The molecule has 34 heavy (non-hydrogen) atoms. The molecule has 0 atom stereocenters. The second kappa shape index (κ2) is 37.0. The Bertz CT molecular complexity index is 254. The molecule has 0 radical (unpaired) electrons. The molecule has 0 aliphatic heterocycles. The van der Waals surface area contributed by atoms with Crippen molar-refractivity contribution in [2.24, 2.45) is 0 Å². The smallest absolute Gasteiger partial charge is 0.402 e. The zero-order valence-electron chi connectivity index (χ0n) is 20.0. The van der Waals surface area contributed by atoms with Crippen LogP contribution in [-0.2, 0) is 0 Å². The third-order valence-electron chi connectivity index (χ3n) is 3.75. The van der Waals surface area contributed by atoms with Crippen molar-refractivity contribution < 1.29 is 61.0 Å². The Morgan fingerprint density at radius 3 is 0.441 bits per heavy atom. The molecule has 15 nitrogen and oxygen atoms in total. The Kier molecular flexibility index (Phi) is 44.2. The van der Waals surface area contributed by atoms with E-state index < -0.39 is 7.32 Å². The second-order valence-electron chi connectivity index (χ2n) is 6.38. The highest BCUT2D eigenvalue weighted by Gasteiger charge is 2.01. The molecule has 0 aliphatic carbocycles. The fourth-order valence-electron chi connectivity index (χ4n) is 2.28. The minimum absolute atomic E-state index is 0.0694. The molecule has 0 fully saturated rings. The summed E-state index contributed by atoms with van der Waals surface area (Å²) in [5.74, 6) is 0. The van der Waals surface area contributed by atoms with E-state index in [2.05, 4.69) is 0 Å². The molecule has 16 heteroatoms. The molecule has 0 amide bonds. The molecule has 0 aromatic heterocycles. The molecule has 0 heterocycles. The standard InChI is InChI=1S/3C6H15NO3.BH3O3/c3*8-4-1-7(2-5-9)3-6-10;2-1(3)4/h3*8-10H,1-6H2;2-4H. The molecule has 0 spiro atoms. The summed E-state index contributed by atoms with van der Waals surface area (Å²) in [6, 6.07) is 0. The molecule has 0 saturated carbocycles. The predicted octanol–water partition coefficient (Wildman–Crippen LogP) is -7.26. The van der Waals surface area contributed by atoms with Gasteiger partial charge in [0.15, 0.2) is 0 Å². The van der Waals surface area contributed by atoms with Gasteiger partial charge >= 0.3 is 7.32 Å². The topological polar surface area (TPSA) is 252 Å². The third kappa shape index (κ3) is 41.7. The first-order valence-corrected chi connectivity index (χ1v) is 11.0. The first kappa shape index (κ1) is 40.6.